The first-order valence-electron chi connectivity index (χ1n) is 9.31. The van der Waals surface area contributed by atoms with Gasteiger partial charge in [-0.1, -0.05) is 61.0 Å². The topological polar surface area (TPSA) is 40.5 Å². The van der Waals surface area contributed by atoms with Crippen molar-refractivity contribution in [2.24, 2.45) is 0 Å². The SMILES string of the molecule is Oc1ccc(C2(c3ccc(O)cc3)CCCC(c3ccccc3)C2)cc1. The Morgan fingerprint density at radius 2 is 1.23 bits per heavy atom. The van der Waals surface area contributed by atoms with E-state index in [0.717, 1.165) is 19.3 Å². The first-order chi connectivity index (χ1) is 12.7. The van der Waals surface area contributed by atoms with Crippen molar-refractivity contribution in [2.75, 3.05) is 0 Å². The molecule has 3 aromatic carbocycles. The second-order valence-electron chi connectivity index (χ2n) is 7.38. The minimum absolute atomic E-state index is 0.0971. The molecule has 4 rings (SSSR count). The van der Waals surface area contributed by atoms with Crippen LogP contribution in [0.25, 0.3) is 0 Å². The Morgan fingerprint density at radius 3 is 1.77 bits per heavy atom. The van der Waals surface area contributed by atoms with Gasteiger partial charge in [0.1, 0.15) is 11.5 Å². The fourth-order valence-corrected chi connectivity index (χ4v) is 4.54. The number of phenols is 2. The molecule has 2 heteroatoms. The highest BCUT2D eigenvalue weighted by molar-refractivity contribution is 5.44. The van der Waals surface area contributed by atoms with Crippen LogP contribution in [0.1, 0.15) is 48.3 Å². The summed E-state index contributed by atoms with van der Waals surface area (Å²) in [5.41, 5.74) is 3.78. The zero-order valence-corrected chi connectivity index (χ0v) is 14.8. The molecule has 0 aromatic heterocycles. The molecule has 3 aromatic rings. The van der Waals surface area contributed by atoms with Crippen molar-refractivity contribution >= 4 is 0 Å². The fraction of sp³-hybridized carbons (Fsp3) is 0.250. The number of rotatable bonds is 3. The van der Waals surface area contributed by atoms with Gasteiger partial charge in [0.05, 0.1) is 0 Å². The van der Waals surface area contributed by atoms with Crippen molar-refractivity contribution in [3.63, 3.8) is 0 Å². The highest BCUT2D eigenvalue weighted by Gasteiger charge is 2.39. The second-order valence-corrected chi connectivity index (χ2v) is 7.38. The van der Waals surface area contributed by atoms with E-state index < -0.39 is 0 Å². The van der Waals surface area contributed by atoms with Crippen LogP contribution in [0.5, 0.6) is 11.5 Å². The van der Waals surface area contributed by atoms with E-state index in [1.165, 1.54) is 23.1 Å². The Bertz CT molecular complexity index is 805. The van der Waals surface area contributed by atoms with Crippen LogP contribution in [0, 0.1) is 0 Å². The van der Waals surface area contributed by atoms with Crippen LogP contribution in [0.15, 0.2) is 78.9 Å². The molecule has 1 fully saturated rings. The average Bonchev–Trinajstić information content (AvgIpc) is 2.70. The van der Waals surface area contributed by atoms with Gasteiger partial charge in [-0.05, 0) is 66.1 Å². The number of phenolic OH excluding ortho intramolecular Hbond substituents is 2. The van der Waals surface area contributed by atoms with Crippen LogP contribution in [-0.2, 0) is 5.41 Å². The summed E-state index contributed by atoms with van der Waals surface area (Å²) in [6.07, 6.45) is 4.46. The predicted octanol–water partition coefficient (Wildman–Crippen LogP) is 5.74. The van der Waals surface area contributed by atoms with Gasteiger partial charge < -0.3 is 10.2 Å². The molecule has 26 heavy (non-hydrogen) atoms. The second kappa shape index (κ2) is 6.87. The lowest BCUT2D eigenvalue weighted by molar-refractivity contribution is 0.310. The van der Waals surface area contributed by atoms with Crippen LogP contribution < -0.4 is 0 Å². The summed E-state index contributed by atoms with van der Waals surface area (Å²) < 4.78 is 0. The van der Waals surface area contributed by atoms with Gasteiger partial charge >= 0.3 is 0 Å². The maximum Gasteiger partial charge on any atom is 0.115 e. The van der Waals surface area contributed by atoms with Crippen molar-refractivity contribution < 1.29 is 10.2 Å². The summed E-state index contributed by atoms with van der Waals surface area (Å²) in [7, 11) is 0. The van der Waals surface area contributed by atoms with Crippen molar-refractivity contribution in [1.29, 1.82) is 0 Å². The average molecular weight is 344 g/mol. The van der Waals surface area contributed by atoms with Crippen LogP contribution in [0.2, 0.25) is 0 Å². The lowest BCUT2D eigenvalue weighted by atomic mass is 9.61. The molecule has 1 aliphatic rings. The monoisotopic (exact) mass is 344 g/mol. The summed E-state index contributed by atoms with van der Waals surface area (Å²) in [4.78, 5) is 0. The quantitative estimate of drug-likeness (QED) is 0.636. The van der Waals surface area contributed by atoms with Crippen LogP contribution in [0.4, 0.5) is 0 Å². The minimum atomic E-state index is -0.0971. The van der Waals surface area contributed by atoms with E-state index >= 15 is 0 Å². The van der Waals surface area contributed by atoms with Gasteiger partial charge in [0.15, 0.2) is 0 Å². The molecule has 132 valence electrons. The molecule has 0 spiro atoms. The summed E-state index contributed by atoms with van der Waals surface area (Å²) in [5.74, 6) is 1.10. The molecule has 1 atom stereocenters. The molecular formula is C24H24O2. The van der Waals surface area contributed by atoms with Gasteiger partial charge in [-0.15, -0.1) is 0 Å². The smallest absolute Gasteiger partial charge is 0.115 e. The third-order valence-electron chi connectivity index (χ3n) is 5.86. The maximum atomic E-state index is 9.74. The molecule has 1 aliphatic carbocycles. The summed E-state index contributed by atoms with van der Waals surface area (Å²) in [5, 5.41) is 19.5. The molecule has 0 heterocycles. The molecule has 0 radical (unpaired) electrons. The fourth-order valence-electron chi connectivity index (χ4n) is 4.54. The van der Waals surface area contributed by atoms with Crippen LogP contribution in [-0.4, -0.2) is 10.2 Å². The largest absolute Gasteiger partial charge is 0.508 e. The first-order valence-corrected chi connectivity index (χ1v) is 9.31. The van der Waals surface area contributed by atoms with Gasteiger partial charge in [-0.3, -0.25) is 0 Å². The van der Waals surface area contributed by atoms with E-state index in [4.69, 9.17) is 0 Å². The van der Waals surface area contributed by atoms with E-state index in [0.29, 0.717) is 17.4 Å². The Morgan fingerprint density at radius 1 is 0.692 bits per heavy atom. The van der Waals surface area contributed by atoms with Crippen molar-refractivity contribution in [1.82, 2.24) is 0 Å². The Labute approximate surface area is 154 Å². The molecule has 1 unspecified atom stereocenters. The lowest BCUT2D eigenvalue weighted by Crippen LogP contribution is -2.33. The van der Waals surface area contributed by atoms with Crippen LogP contribution >= 0.6 is 0 Å². The molecule has 0 bridgehead atoms. The van der Waals surface area contributed by atoms with Gasteiger partial charge in [0.25, 0.3) is 0 Å². The standard InChI is InChI=1S/C24H24O2/c25-22-12-8-20(9-13-22)24(21-10-14-23(26)15-11-21)16-4-7-19(17-24)18-5-2-1-3-6-18/h1-3,5-6,8-15,19,25-26H,4,7,16-17H2. The summed E-state index contributed by atoms with van der Waals surface area (Å²) in [6.45, 7) is 0. The molecule has 0 saturated heterocycles. The third-order valence-corrected chi connectivity index (χ3v) is 5.86. The Hall–Kier alpha value is -2.74. The maximum absolute atomic E-state index is 9.74. The van der Waals surface area contributed by atoms with Gasteiger partial charge in [0, 0.05) is 5.41 Å². The van der Waals surface area contributed by atoms with Crippen molar-refractivity contribution in [3.05, 3.63) is 95.6 Å². The number of benzene rings is 3. The van der Waals surface area contributed by atoms with Crippen LogP contribution in [0.3, 0.4) is 0 Å². The molecule has 0 aliphatic heterocycles. The zero-order chi connectivity index (χ0) is 18.0. The third kappa shape index (κ3) is 3.08. The van der Waals surface area contributed by atoms with E-state index in [2.05, 4.69) is 54.6 Å². The first kappa shape index (κ1) is 16.7. The summed E-state index contributed by atoms with van der Waals surface area (Å²) >= 11 is 0. The highest BCUT2D eigenvalue weighted by atomic mass is 16.3. The lowest BCUT2D eigenvalue weighted by Gasteiger charge is -2.42. The molecule has 0 amide bonds. The molecule has 2 nitrogen and oxygen atoms in total. The van der Waals surface area contributed by atoms with E-state index in [1.54, 1.807) is 24.3 Å². The number of hydrogen-bond acceptors (Lipinski definition) is 2. The van der Waals surface area contributed by atoms with E-state index in [1.807, 2.05) is 0 Å². The molecule has 2 N–H and O–H groups in total. The minimum Gasteiger partial charge on any atom is -0.508 e. The predicted molar refractivity (Wildman–Crippen MR) is 105 cm³/mol. The molecule has 1 saturated carbocycles. The number of hydrogen-bond donors (Lipinski definition) is 2. The molecular weight excluding hydrogens is 320 g/mol. The van der Waals surface area contributed by atoms with Gasteiger partial charge in [0.2, 0.25) is 0 Å². The van der Waals surface area contributed by atoms with E-state index in [9.17, 15) is 10.2 Å². The van der Waals surface area contributed by atoms with Crippen molar-refractivity contribution in [3.8, 4) is 11.5 Å². The Kier molecular flexibility index (Phi) is 4.42. The normalized spacial score (nSPS) is 19.2. The Balaban J connectivity index is 1.80. The van der Waals surface area contributed by atoms with Crippen molar-refractivity contribution in [2.45, 2.75) is 37.0 Å². The zero-order valence-electron chi connectivity index (χ0n) is 14.8. The number of aromatic hydroxyl groups is 2. The van der Waals surface area contributed by atoms with Gasteiger partial charge in [-0.25, -0.2) is 0 Å². The van der Waals surface area contributed by atoms with Gasteiger partial charge in [-0.2, -0.15) is 0 Å². The summed E-state index contributed by atoms with van der Waals surface area (Å²) in [6, 6.07) is 26.1. The van der Waals surface area contributed by atoms with E-state index in [-0.39, 0.29) is 5.41 Å². The highest BCUT2D eigenvalue weighted by Crippen LogP contribution is 2.50.